The molecule has 0 atom stereocenters. The fourth-order valence-electron chi connectivity index (χ4n) is 1.48. The molecule has 1 nitrogen and oxygen atoms in total. The second-order valence-electron chi connectivity index (χ2n) is 3.27. The zero-order chi connectivity index (χ0) is 9.68. The molecular weight excluding hydrogens is 158 g/mol. The summed E-state index contributed by atoms with van der Waals surface area (Å²) in [4.78, 5) is 0. The highest BCUT2D eigenvalue weighted by atomic mass is 14.2. The van der Waals surface area contributed by atoms with Gasteiger partial charge in [-0.15, -0.1) is 0 Å². The van der Waals surface area contributed by atoms with Crippen LogP contribution in [0.4, 0.5) is 0 Å². The molecule has 0 radical (unpaired) electrons. The zero-order valence-corrected chi connectivity index (χ0v) is 8.30. The monoisotopic (exact) mass is 173 g/mol. The van der Waals surface area contributed by atoms with Gasteiger partial charge in [-0.05, 0) is 37.8 Å². The van der Waals surface area contributed by atoms with Crippen molar-refractivity contribution in [1.29, 1.82) is 5.26 Å². The summed E-state index contributed by atoms with van der Waals surface area (Å²) in [6.45, 7) is 4.28. The van der Waals surface area contributed by atoms with E-state index in [4.69, 9.17) is 5.26 Å². The predicted molar refractivity (Wildman–Crippen MR) is 55.1 cm³/mol. The topological polar surface area (TPSA) is 23.8 Å². The van der Waals surface area contributed by atoms with Crippen molar-refractivity contribution >= 4 is 0 Å². The predicted octanol–water partition coefficient (Wildman–Crippen LogP) is 3.51. The van der Waals surface area contributed by atoms with Crippen LogP contribution in [0.1, 0.15) is 33.1 Å². The molecule has 1 rings (SSSR count). The van der Waals surface area contributed by atoms with Gasteiger partial charge in [-0.3, -0.25) is 0 Å². The third-order valence-electron chi connectivity index (χ3n) is 2.38. The van der Waals surface area contributed by atoms with Gasteiger partial charge in [-0.1, -0.05) is 24.6 Å². The second kappa shape index (κ2) is 4.67. The van der Waals surface area contributed by atoms with Crippen molar-refractivity contribution in [3.8, 4) is 6.07 Å². The molecule has 0 heterocycles. The Kier molecular flexibility index (Phi) is 3.52. The summed E-state index contributed by atoms with van der Waals surface area (Å²) in [7, 11) is 0. The molecule has 1 aliphatic carbocycles. The molecule has 0 aromatic rings. The summed E-state index contributed by atoms with van der Waals surface area (Å²) < 4.78 is 0. The maximum absolute atomic E-state index is 8.76. The fraction of sp³-hybridized carbons (Fsp3) is 0.417. The van der Waals surface area contributed by atoms with Crippen LogP contribution in [0.15, 0.2) is 34.9 Å². The number of rotatable bonds is 1. The van der Waals surface area contributed by atoms with E-state index in [-0.39, 0.29) is 0 Å². The first-order valence-electron chi connectivity index (χ1n) is 4.75. The largest absolute Gasteiger partial charge is 0.193 e. The van der Waals surface area contributed by atoms with E-state index in [9.17, 15) is 0 Å². The molecule has 0 amide bonds. The van der Waals surface area contributed by atoms with Crippen LogP contribution in [0.3, 0.4) is 0 Å². The Balaban J connectivity index is 2.95. The van der Waals surface area contributed by atoms with Crippen molar-refractivity contribution in [2.45, 2.75) is 33.1 Å². The Labute approximate surface area is 80.1 Å². The SMILES string of the molecule is CCC1=C/C=C(/C#N)CC/C=C\1C. The highest BCUT2D eigenvalue weighted by Crippen LogP contribution is 2.19. The summed E-state index contributed by atoms with van der Waals surface area (Å²) >= 11 is 0. The van der Waals surface area contributed by atoms with Gasteiger partial charge < -0.3 is 0 Å². The molecule has 0 fully saturated rings. The van der Waals surface area contributed by atoms with Crippen LogP contribution in [0.2, 0.25) is 0 Å². The first-order valence-corrected chi connectivity index (χ1v) is 4.75. The van der Waals surface area contributed by atoms with E-state index in [0.717, 1.165) is 24.8 Å². The maximum atomic E-state index is 8.76. The normalized spacial score (nSPS) is 29.5. The average molecular weight is 173 g/mol. The number of nitriles is 1. The van der Waals surface area contributed by atoms with E-state index in [0.29, 0.717) is 0 Å². The van der Waals surface area contributed by atoms with Gasteiger partial charge in [0.1, 0.15) is 0 Å². The van der Waals surface area contributed by atoms with E-state index < -0.39 is 0 Å². The summed E-state index contributed by atoms with van der Waals surface area (Å²) in [5, 5.41) is 8.76. The Morgan fingerprint density at radius 3 is 2.85 bits per heavy atom. The second-order valence-corrected chi connectivity index (χ2v) is 3.27. The van der Waals surface area contributed by atoms with Crippen molar-refractivity contribution in [1.82, 2.24) is 0 Å². The van der Waals surface area contributed by atoms with Gasteiger partial charge in [0, 0.05) is 5.57 Å². The molecule has 0 aliphatic heterocycles. The minimum Gasteiger partial charge on any atom is -0.193 e. The first-order chi connectivity index (χ1) is 6.27. The minimum atomic E-state index is 0.876. The van der Waals surface area contributed by atoms with Gasteiger partial charge in [-0.25, -0.2) is 0 Å². The molecule has 0 aromatic carbocycles. The van der Waals surface area contributed by atoms with E-state index in [2.05, 4.69) is 32.1 Å². The molecule has 0 unspecified atom stereocenters. The van der Waals surface area contributed by atoms with Crippen molar-refractivity contribution < 1.29 is 0 Å². The van der Waals surface area contributed by atoms with Crippen LogP contribution < -0.4 is 0 Å². The van der Waals surface area contributed by atoms with Gasteiger partial charge in [0.15, 0.2) is 0 Å². The molecule has 1 heteroatoms. The average Bonchev–Trinajstić information content (AvgIpc) is 2.12. The molecular formula is C12H15N. The first kappa shape index (κ1) is 9.80. The van der Waals surface area contributed by atoms with Crippen molar-refractivity contribution in [3.05, 3.63) is 34.9 Å². The number of hydrogen-bond donors (Lipinski definition) is 0. The van der Waals surface area contributed by atoms with Gasteiger partial charge in [0.2, 0.25) is 0 Å². The summed E-state index contributed by atoms with van der Waals surface area (Å²) in [6.07, 6.45) is 9.15. The van der Waals surface area contributed by atoms with Crippen molar-refractivity contribution in [3.63, 3.8) is 0 Å². The summed E-state index contributed by atoms with van der Waals surface area (Å²) in [5.41, 5.74) is 3.58. The molecule has 13 heavy (non-hydrogen) atoms. The third-order valence-corrected chi connectivity index (χ3v) is 2.38. The van der Waals surface area contributed by atoms with Crippen LogP contribution in [-0.2, 0) is 0 Å². The highest BCUT2D eigenvalue weighted by molar-refractivity contribution is 5.37. The molecule has 0 N–H and O–H groups in total. The van der Waals surface area contributed by atoms with E-state index in [1.165, 1.54) is 11.1 Å². The lowest BCUT2D eigenvalue weighted by Crippen LogP contribution is -1.88. The summed E-state index contributed by atoms with van der Waals surface area (Å²) in [6, 6.07) is 2.22. The minimum absolute atomic E-state index is 0.876. The lowest BCUT2D eigenvalue weighted by atomic mass is 9.98. The Hall–Kier alpha value is -1.29. The number of hydrogen-bond acceptors (Lipinski definition) is 1. The van der Waals surface area contributed by atoms with E-state index in [1.807, 2.05) is 6.08 Å². The molecule has 0 aromatic heterocycles. The van der Waals surface area contributed by atoms with Crippen LogP contribution >= 0.6 is 0 Å². The smallest absolute Gasteiger partial charge is 0.0947 e. The zero-order valence-electron chi connectivity index (χ0n) is 8.30. The van der Waals surface area contributed by atoms with Crippen molar-refractivity contribution in [2.24, 2.45) is 0 Å². The molecule has 0 bridgehead atoms. The van der Waals surface area contributed by atoms with Crippen LogP contribution in [0, 0.1) is 11.3 Å². The highest BCUT2D eigenvalue weighted by Gasteiger charge is 2.01. The molecule has 1 aliphatic rings. The van der Waals surface area contributed by atoms with Gasteiger partial charge in [0.05, 0.1) is 6.07 Å². The fourth-order valence-corrected chi connectivity index (χ4v) is 1.48. The Morgan fingerprint density at radius 1 is 1.46 bits per heavy atom. The van der Waals surface area contributed by atoms with Crippen LogP contribution in [0.25, 0.3) is 0 Å². The number of allylic oxidation sites excluding steroid dienone is 6. The van der Waals surface area contributed by atoms with E-state index >= 15 is 0 Å². The van der Waals surface area contributed by atoms with Gasteiger partial charge in [-0.2, -0.15) is 5.26 Å². The van der Waals surface area contributed by atoms with E-state index in [1.54, 1.807) is 0 Å². The van der Waals surface area contributed by atoms with Gasteiger partial charge in [0.25, 0.3) is 0 Å². The quantitative estimate of drug-likeness (QED) is 0.595. The third kappa shape index (κ3) is 2.59. The van der Waals surface area contributed by atoms with Crippen LogP contribution in [-0.4, -0.2) is 0 Å². The maximum Gasteiger partial charge on any atom is 0.0947 e. The Bertz CT molecular complexity index is 311. The standard InChI is InChI=1S/C12H15N/c1-3-12-8-7-11(9-13)6-4-5-10(12)2/h5,7-8H,3-4,6H2,1-2H3/b10-5-,11-7+,12-8-. The van der Waals surface area contributed by atoms with Crippen LogP contribution in [0.5, 0.6) is 0 Å². The number of nitrogens with zero attached hydrogens (tertiary/aromatic N) is 1. The summed E-state index contributed by atoms with van der Waals surface area (Å²) in [5.74, 6) is 0. The molecule has 0 saturated heterocycles. The van der Waals surface area contributed by atoms with Crippen molar-refractivity contribution in [2.75, 3.05) is 0 Å². The Morgan fingerprint density at radius 2 is 2.23 bits per heavy atom. The molecule has 0 spiro atoms. The molecule has 0 saturated carbocycles. The van der Waals surface area contributed by atoms with Gasteiger partial charge >= 0.3 is 0 Å². The lowest BCUT2D eigenvalue weighted by molar-refractivity contribution is 0.978. The molecule has 68 valence electrons. The lowest BCUT2D eigenvalue weighted by Gasteiger charge is -2.07.